The Morgan fingerprint density at radius 3 is 2.79 bits per heavy atom. The van der Waals surface area contributed by atoms with Gasteiger partial charge in [-0.25, -0.2) is 4.39 Å². The Bertz CT molecular complexity index is 858. The highest BCUT2D eigenvalue weighted by atomic mass is 35.5. The molecule has 0 radical (unpaired) electrons. The zero-order valence-electron chi connectivity index (χ0n) is 12.2. The van der Waals surface area contributed by atoms with Gasteiger partial charge in [0.1, 0.15) is 5.82 Å². The summed E-state index contributed by atoms with van der Waals surface area (Å²) >= 11 is 7.06. The number of hydrogen-bond donors (Lipinski definition) is 1. The van der Waals surface area contributed by atoms with E-state index in [0.717, 1.165) is 11.8 Å². The van der Waals surface area contributed by atoms with Crippen LogP contribution in [0.15, 0.2) is 53.7 Å². The smallest absolute Gasteiger partial charge is 0.234 e. The fourth-order valence-electron chi connectivity index (χ4n) is 1.91. The van der Waals surface area contributed by atoms with Gasteiger partial charge >= 0.3 is 0 Å². The number of nitrogens with zero attached hydrogens (tertiary/aromatic N) is 4. The van der Waals surface area contributed by atoms with Crippen molar-refractivity contribution in [3.8, 4) is 5.69 Å². The Kier molecular flexibility index (Phi) is 5.07. The topological polar surface area (TPSA) is 72.7 Å². The van der Waals surface area contributed by atoms with Gasteiger partial charge in [0.15, 0.2) is 0 Å². The van der Waals surface area contributed by atoms with Crippen molar-refractivity contribution < 1.29 is 9.18 Å². The van der Waals surface area contributed by atoms with Crippen LogP contribution in [-0.2, 0) is 4.79 Å². The van der Waals surface area contributed by atoms with Gasteiger partial charge in [0.25, 0.3) is 0 Å². The second-order valence-electron chi connectivity index (χ2n) is 4.67. The fraction of sp³-hybridized carbons (Fsp3) is 0.0667. The van der Waals surface area contributed by atoms with Crippen molar-refractivity contribution >= 4 is 35.0 Å². The summed E-state index contributed by atoms with van der Waals surface area (Å²) in [6, 6.07) is 13.1. The SMILES string of the molecule is O=C(CSc1nnnn1-c1ccccc1)Nc1ccc(F)cc1Cl. The van der Waals surface area contributed by atoms with Gasteiger partial charge in [-0.2, -0.15) is 4.68 Å². The molecule has 0 atom stereocenters. The molecule has 0 bridgehead atoms. The summed E-state index contributed by atoms with van der Waals surface area (Å²) in [4.78, 5) is 12.0. The molecule has 1 N–H and O–H groups in total. The van der Waals surface area contributed by atoms with Crippen molar-refractivity contribution in [2.24, 2.45) is 0 Å². The van der Waals surface area contributed by atoms with E-state index in [1.807, 2.05) is 30.3 Å². The van der Waals surface area contributed by atoms with Crippen molar-refractivity contribution in [3.05, 3.63) is 59.4 Å². The number of benzene rings is 2. The Hall–Kier alpha value is -2.45. The minimum atomic E-state index is -0.464. The molecule has 3 aromatic rings. The van der Waals surface area contributed by atoms with Crippen molar-refractivity contribution in [1.29, 1.82) is 0 Å². The summed E-state index contributed by atoms with van der Waals surface area (Å²) in [5, 5.41) is 14.7. The van der Waals surface area contributed by atoms with Crippen LogP contribution in [0, 0.1) is 5.82 Å². The third-order valence-electron chi connectivity index (χ3n) is 2.98. The van der Waals surface area contributed by atoms with Crippen molar-refractivity contribution in [2.45, 2.75) is 5.16 Å². The van der Waals surface area contributed by atoms with Crippen LogP contribution < -0.4 is 5.32 Å². The quantitative estimate of drug-likeness (QED) is 0.705. The molecule has 0 aliphatic rings. The molecule has 0 spiro atoms. The number of amides is 1. The average Bonchev–Trinajstić information content (AvgIpc) is 3.05. The summed E-state index contributed by atoms with van der Waals surface area (Å²) in [6.45, 7) is 0. The predicted octanol–water partition coefficient (Wildman–Crippen LogP) is 3.19. The van der Waals surface area contributed by atoms with E-state index in [1.165, 1.54) is 23.9 Å². The number of carbonyl (C=O) groups is 1. The lowest BCUT2D eigenvalue weighted by atomic mass is 10.3. The van der Waals surface area contributed by atoms with Crippen LogP contribution in [0.3, 0.4) is 0 Å². The summed E-state index contributed by atoms with van der Waals surface area (Å²) in [6.07, 6.45) is 0. The zero-order chi connectivity index (χ0) is 16.9. The van der Waals surface area contributed by atoms with Crippen LogP contribution in [0.4, 0.5) is 10.1 Å². The molecule has 0 saturated carbocycles. The normalized spacial score (nSPS) is 10.6. The lowest BCUT2D eigenvalue weighted by Crippen LogP contribution is -2.15. The van der Waals surface area contributed by atoms with Crippen LogP contribution in [-0.4, -0.2) is 31.9 Å². The van der Waals surface area contributed by atoms with Crippen LogP contribution in [0.2, 0.25) is 5.02 Å². The van der Waals surface area contributed by atoms with Crippen molar-refractivity contribution in [1.82, 2.24) is 20.2 Å². The number of aromatic nitrogens is 4. The largest absolute Gasteiger partial charge is 0.324 e. The van der Waals surface area contributed by atoms with Gasteiger partial charge in [-0.05, 0) is 40.8 Å². The lowest BCUT2D eigenvalue weighted by molar-refractivity contribution is -0.113. The van der Waals surface area contributed by atoms with Gasteiger partial charge in [-0.15, -0.1) is 5.10 Å². The van der Waals surface area contributed by atoms with E-state index >= 15 is 0 Å². The first-order valence-electron chi connectivity index (χ1n) is 6.85. The highest BCUT2D eigenvalue weighted by molar-refractivity contribution is 7.99. The maximum Gasteiger partial charge on any atom is 0.234 e. The van der Waals surface area contributed by atoms with Gasteiger partial charge in [0, 0.05) is 0 Å². The van der Waals surface area contributed by atoms with E-state index in [9.17, 15) is 9.18 Å². The molecular formula is C15H11ClFN5OS. The van der Waals surface area contributed by atoms with Crippen LogP contribution in [0.25, 0.3) is 5.69 Å². The standard InChI is InChI=1S/C15H11ClFN5OS/c16-12-8-10(17)6-7-13(12)18-14(23)9-24-15-19-20-21-22(15)11-4-2-1-3-5-11/h1-8H,9H2,(H,18,23). The predicted molar refractivity (Wildman–Crippen MR) is 89.9 cm³/mol. The van der Waals surface area contributed by atoms with E-state index in [0.29, 0.717) is 10.8 Å². The van der Waals surface area contributed by atoms with Crippen molar-refractivity contribution in [3.63, 3.8) is 0 Å². The Morgan fingerprint density at radius 2 is 2.04 bits per heavy atom. The number of anilines is 1. The van der Waals surface area contributed by atoms with Crippen LogP contribution in [0.5, 0.6) is 0 Å². The summed E-state index contributed by atoms with van der Waals surface area (Å²) < 4.78 is 14.5. The lowest BCUT2D eigenvalue weighted by Gasteiger charge is -2.07. The molecule has 2 aromatic carbocycles. The first kappa shape index (κ1) is 16.4. The molecule has 1 amide bonds. The van der Waals surface area contributed by atoms with Gasteiger partial charge < -0.3 is 5.32 Å². The summed E-state index contributed by atoms with van der Waals surface area (Å²) in [5.74, 6) is -0.675. The minimum Gasteiger partial charge on any atom is -0.324 e. The Morgan fingerprint density at radius 1 is 1.25 bits per heavy atom. The molecule has 1 heterocycles. The number of carbonyl (C=O) groups excluding carboxylic acids is 1. The van der Waals surface area contributed by atoms with Gasteiger partial charge in [-0.1, -0.05) is 41.6 Å². The minimum absolute atomic E-state index is 0.0842. The van der Waals surface area contributed by atoms with E-state index in [-0.39, 0.29) is 16.7 Å². The van der Waals surface area contributed by atoms with Crippen LogP contribution >= 0.6 is 23.4 Å². The molecule has 0 fully saturated rings. The molecule has 122 valence electrons. The second kappa shape index (κ2) is 7.41. The molecular weight excluding hydrogens is 353 g/mol. The Labute approximate surface area is 146 Å². The maximum absolute atomic E-state index is 13.0. The molecule has 0 unspecified atom stereocenters. The monoisotopic (exact) mass is 363 g/mol. The Balaban J connectivity index is 1.64. The van der Waals surface area contributed by atoms with Crippen LogP contribution in [0.1, 0.15) is 0 Å². The third-order valence-corrected chi connectivity index (χ3v) is 4.21. The molecule has 0 aliphatic heterocycles. The molecule has 0 aliphatic carbocycles. The molecule has 3 rings (SSSR count). The van der Waals surface area contributed by atoms with Crippen molar-refractivity contribution in [2.75, 3.05) is 11.1 Å². The number of para-hydroxylation sites is 1. The summed E-state index contributed by atoms with van der Waals surface area (Å²) in [7, 11) is 0. The van der Waals surface area contributed by atoms with Gasteiger partial charge in [-0.3, -0.25) is 4.79 Å². The number of halogens is 2. The molecule has 9 heteroatoms. The zero-order valence-corrected chi connectivity index (χ0v) is 13.8. The van der Waals surface area contributed by atoms with E-state index in [2.05, 4.69) is 20.8 Å². The highest BCUT2D eigenvalue weighted by Crippen LogP contribution is 2.23. The number of thioether (sulfide) groups is 1. The maximum atomic E-state index is 13.0. The van der Waals surface area contributed by atoms with Gasteiger partial charge in [0.2, 0.25) is 11.1 Å². The first-order valence-corrected chi connectivity index (χ1v) is 8.21. The second-order valence-corrected chi connectivity index (χ2v) is 6.02. The van der Waals surface area contributed by atoms with E-state index in [1.54, 1.807) is 4.68 Å². The van der Waals surface area contributed by atoms with E-state index < -0.39 is 5.82 Å². The molecule has 0 saturated heterocycles. The summed E-state index contributed by atoms with van der Waals surface area (Å²) in [5.41, 5.74) is 1.15. The number of rotatable bonds is 5. The number of hydrogen-bond acceptors (Lipinski definition) is 5. The molecule has 24 heavy (non-hydrogen) atoms. The average molecular weight is 364 g/mol. The number of tetrazole rings is 1. The molecule has 1 aromatic heterocycles. The molecule has 6 nitrogen and oxygen atoms in total. The highest BCUT2D eigenvalue weighted by Gasteiger charge is 2.12. The van der Waals surface area contributed by atoms with Gasteiger partial charge in [0.05, 0.1) is 22.2 Å². The van der Waals surface area contributed by atoms with E-state index in [4.69, 9.17) is 11.6 Å². The fourth-order valence-corrected chi connectivity index (χ4v) is 2.81. The number of nitrogens with one attached hydrogen (secondary N) is 1. The first-order chi connectivity index (χ1) is 11.6. The third kappa shape index (κ3) is 3.90.